The summed E-state index contributed by atoms with van der Waals surface area (Å²) >= 11 is 0. The third-order valence-electron chi connectivity index (χ3n) is 4.66. The maximum Gasteiger partial charge on any atom is 0.213 e. The predicted molar refractivity (Wildman–Crippen MR) is 124 cm³/mol. The van der Waals surface area contributed by atoms with Crippen molar-refractivity contribution in [1.29, 1.82) is 0 Å². The van der Waals surface area contributed by atoms with Crippen molar-refractivity contribution >= 4 is 45.6 Å². The molecule has 0 radical (unpaired) electrons. The molecule has 2 N–H and O–H groups in total. The highest BCUT2D eigenvalue weighted by atomic mass is 127. The molecular weight excluding hydrogens is 477 g/mol. The molecule has 1 heterocycles. The van der Waals surface area contributed by atoms with Crippen LogP contribution in [0.1, 0.15) is 19.8 Å². The van der Waals surface area contributed by atoms with E-state index in [1.165, 1.54) is 9.99 Å². The van der Waals surface area contributed by atoms with E-state index in [-0.39, 0.29) is 29.7 Å². The molecular formula is C18H32IN5O2S. The van der Waals surface area contributed by atoms with Crippen LogP contribution in [-0.4, -0.2) is 70.8 Å². The number of anilines is 1. The number of nitrogens with zero attached hydrogens (tertiary/aromatic N) is 3. The van der Waals surface area contributed by atoms with E-state index in [9.17, 15) is 8.42 Å². The van der Waals surface area contributed by atoms with Gasteiger partial charge in [-0.05, 0) is 31.9 Å². The van der Waals surface area contributed by atoms with E-state index in [1.807, 2.05) is 6.07 Å². The first-order chi connectivity index (χ1) is 12.5. The van der Waals surface area contributed by atoms with Crippen LogP contribution >= 0.6 is 24.0 Å². The molecule has 27 heavy (non-hydrogen) atoms. The van der Waals surface area contributed by atoms with Crippen LogP contribution in [-0.2, 0) is 10.0 Å². The van der Waals surface area contributed by atoms with Gasteiger partial charge in [-0.3, -0.25) is 4.99 Å². The summed E-state index contributed by atoms with van der Waals surface area (Å²) in [4.78, 5) is 6.65. The minimum Gasteiger partial charge on any atom is -0.369 e. The second-order valence-corrected chi connectivity index (χ2v) is 8.85. The average molecular weight is 509 g/mol. The van der Waals surface area contributed by atoms with Gasteiger partial charge in [0.05, 0.1) is 5.75 Å². The zero-order chi connectivity index (χ0) is 19.0. The molecule has 2 rings (SSSR count). The van der Waals surface area contributed by atoms with Crippen molar-refractivity contribution in [2.24, 2.45) is 4.99 Å². The Labute approximate surface area is 180 Å². The highest BCUT2D eigenvalue weighted by molar-refractivity contribution is 14.0. The van der Waals surface area contributed by atoms with Crippen molar-refractivity contribution in [2.45, 2.75) is 25.8 Å². The minimum atomic E-state index is -3.10. The SMILES string of the molecule is CCS(=O)(=O)N(C)CCCNC(=NC)NC1CCN(c2ccccc2)C1.I. The van der Waals surface area contributed by atoms with Gasteiger partial charge in [-0.25, -0.2) is 12.7 Å². The Morgan fingerprint density at radius 1 is 1.33 bits per heavy atom. The fourth-order valence-corrected chi connectivity index (χ4v) is 3.86. The predicted octanol–water partition coefficient (Wildman–Crippen LogP) is 1.72. The Morgan fingerprint density at radius 2 is 2.04 bits per heavy atom. The summed E-state index contributed by atoms with van der Waals surface area (Å²) < 4.78 is 24.9. The Hall–Kier alpha value is -1.07. The topological polar surface area (TPSA) is 77.0 Å². The number of aliphatic imine (C=N–C) groups is 1. The van der Waals surface area contributed by atoms with Crippen molar-refractivity contribution in [3.8, 4) is 0 Å². The summed E-state index contributed by atoms with van der Waals surface area (Å²) in [5.74, 6) is 0.908. The molecule has 9 heteroatoms. The van der Waals surface area contributed by atoms with Crippen LogP contribution in [0, 0.1) is 0 Å². The maximum absolute atomic E-state index is 11.7. The lowest BCUT2D eigenvalue weighted by Gasteiger charge is -2.21. The molecule has 1 unspecified atom stereocenters. The summed E-state index contributed by atoms with van der Waals surface area (Å²) in [6.45, 7) is 4.82. The summed E-state index contributed by atoms with van der Waals surface area (Å²) in [7, 11) is 0.283. The van der Waals surface area contributed by atoms with Crippen molar-refractivity contribution < 1.29 is 8.42 Å². The van der Waals surface area contributed by atoms with Crippen LogP contribution in [0.25, 0.3) is 0 Å². The summed E-state index contributed by atoms with van der Waals surface area (Å²) in [6, 6.07) is 10.8. The lowest BCUT2D eigenvalue weighted by atomic mass is 10.3. The number of benzene rings is 1. The lowest BCUT2D eigenvalue weighted by Crippen LogP contribution is -2.45. The zero-order valence-corrected chi connectivity index (χ0v) is 19.5. The molecule has 154 valence electrons. The third-order valence-corrected chi connectivity index (χ3v) is 6.52. The van der Waals surface area contributed by atoms with Gasteiger partial charge in [0.25, 0.3) is 0 Å². The molecule has 0 saturated carbocycles. The highest BCUT2D eigenvalue weighted by Gasteiger charge is 2.23. The van der Waals surface area contributed by atoms with Gasteiger partial charge < -0.3 is 15.5 Å². The van der Waals surface area contributed by atoms with Gasteiger partial charge in [-0.15, -0.1) is 24.0 Å². The molecule has 7 nitrogen and oxygen atoms in total. The first-order valence-corrected chi connectivity index (χ1v) is 10.8. The van der Waals surface area contributed by atoms with E-state index < -0.39 is 10.0 Å². The Balaban J connectivity index is 0.00000364. The fourth-order valence-electron chi connectivity index (χ4n) is 3.01. The number of nitrogens with one attached hydrogen (secondary N) is 2. The zero-order valence-electron chi connectivity index (χ0n) is 16.4. The van der Waals surface area contributed by atoms with Gasteiger partial charge in [0, 0.05) is 52.0 Å². The summed E-state index contributed by atoms with van der Waals surface area (Å²) in [6.07, 6.45) is 1.80. The number of halogens is 1. The monoisotopic (exact) mass is 509 g/mol. The number of sulfonamides is 1. The maximum atomic E-state index is 11.7. The molecule has 1 fully saturated rings. The normalized spacial score (nSPS) is 17.7. The first kappa shape index (κ1) is 24.0. The number of guanidine groups is 1. The van der Waals surface area contributed by atoms with E-state index in [2.05, 4.69) is 44.8 Å². The summed E-state index contributed by atoms with van der Waals surface area (Å²) in [5, 5.41) is 6.73. The number of rotatable bonds is 8. The summed E-state index contributed by atoms with van der Waals surface area (Å²) in [5.41, 5.74) is 1.25. The van der Waals surface area contributed by atoms with Gasteiger partial charge in [0.1, 0.15) is 0 Å². The largest absolute Gasteiger partial charge is 0.369 e. The Morgan fingerprint density at radius 3 is 2.67 bits per heavy atom. The lowest BCUT2D eigenvalue weighted by molar-refractivity contribution is 0.461. The molecule has 0 amide bonds. The van der Waals surface area contributed by atoms with E-state index >= 15 is 0 Å². The van der Waals surface area contributed by atoms with Crippen LogP contribution < -0.4 is 15.5 Å². The van der Waals surface area contributed by atoms with E-state index in [0.717, 1.165) is 31.9 Å². The molecule has 1 aromatic carbocycles. The van der Waals surface area contributed by atoms with E-state index in [4.69, 9.17) is 0 Å². The minimum absolute atomic E-state index is 0. The van der Waals surface area contributed by atoms with Crippen molar-refractivity contribution in [3.05, 3.63) is 30.3 Å². The van der Waals surface area contributed by atoms with Crippen LogP contribution in [0.2, 0.25) is 0 Å². The quantitative estimate of drug-likeness (QED) is 0.242. The molecule has 0 aromatic heterocycles. The average Bonchev–Trinajstić information content (AvgIpc) is 3.13. The second-order valence-electron chi connectivity index (χ2n) is 6.49. The molecule has 1 saturated heterocycles. The molecule has 0 bridgehead atoms. The van der Waals surface area contributed by atoms with Crippen LogP contribution in [0.3, 0.4) is 0 Å². The second kappa shape index (κ2) is 11.7. The highest BCUT2D eigenvalue weighted by Crippen LogP contribution is 2.19. The van der Waals surface area contributed by atoms with Crippen LogP contribution in [0.15, 0.2) is 35.3 Å². The van der Waals surface area contributed by atoms with Crippen molar-refractivity contribution in [3.63, 3.8) is 0 Å². The van der Waals surface area contributed by atoms with Gasteiger partial charge in [-0.2, -0.15) is 0 Å². The van der Waals surface area contributed by atoms with E-state index in [1.54, 1.807) is 21.0 Å². The molecule has 1 aromatic rings. The molecule has 1 atom stereocenters. The van der Waals surface area contributed by atoms with E-state index in [0.29, 0.717) is 19.1 Å². The molecule has 1 aliphatic rings. The van der Waals surface area contributed by atoms with Crippen molar-refractivity contribution in [1.82, 2.24) is 14.9 Å². The first-order valence-electron chi connectivity index (χ1n) is 9.17. The fraction of sp³-hybridized carbons (Fsp3) is 0.611. The Kier molecular flexibility index (Phi) is 10.4. The molecule has 1 aliphatic heterocycles. The third kappa shape index (κ3) is 7.46. The molecule has 0 aliphatic carbocycles. The van der Waals surface area contributed by atoms with Crippen molar-refractivity contribution in [2.75, 3.05) is 50.9 Å². The van der Waals surface area contributed by atoms with Crippen LogP contribution in [0.5, 0.6) is 0 Å². The van der Waals surface area contributed by atoms with Gasteiger partial charge in [0.2, 0.25) is 10.0 Å². The van der Waals surface area contributed by atoms with Gasteiger partial charge >= 0.3 is 0 Å². The molecule has 0 spiro atoms. The number of hydrogen-bond donors (Lipinski definition) is 2. The standard InChI is InChI=1S/C18H31N5O2S.HI/c1-4-26(24,25)22(3)13-8-12-20-18(19-2)21-16-11-14-23(15-16)17-9-6-5-7-10-17;/h5-7,9-10,16H,4,8,11-15H2,1-3H3,(H2,19,20,21);1H. The number of hydrogen-bond acceptors (Lipinski definition) is 4. The van der Waals surface area contributed by atoms with Crippen LogP contribution in [0.4, 0.5) is 5.69 Å². The Bertz CT molecular complexity index is 684. The van der Waals surface area contributed by atoms with Gasteiger partial charge in [0.15, 0.2) is 5.96 Å². The number of para-hydroxylation sites is 1. The van der Waals surface area contributed by atoms with Gasteiger partial charge in [-0.1, -0.05) is 18.2 Å². The smallest absolute Gasteiger partial charge is 0.213 e.